The monoisotopic (exact) mass is 278 g/mol. The van der Waals surface area contributed by atoms with Gasteiger partial charge in [0.05, 0.1) is 16.9 Å². The summed E-state index contributed by atoms with van der Waals surface area (Å²) in [6.45, 7) is 5.30. The molecule has 1 unspecified atom stereocenters. The van der Waals surface area contributed by atoms with Crippen LogP contribution in [0.3, 0.4) is 0 Å². The third kappa shape index (κ3) is 2.99. The van der Waals surface area contributed by atoms with Crippen LogP contribution in [-0.2, 0) is 13.0 Å². The molecule has 0 bridgehead atoms. The van der Waals surface area contributed by atoms with Crippen molar-refractivity contribution < 1.29 is 0 Å². The number of rotatable bonds is 5. The quantitative estimate of drug-likeness (QED) is 0.754. The minimum Gasteiger partial charge on any atom is -0.268 e. The van der Waals surface area contributed by atoms with E-state index >= 15 is 0 Å². The Bertz CT molecular complexity index is 286. The van der Waals surface area contributed by atoms with Crippen LogP contribution in [-0.4, -0.2) is 15.1 Å². The van der Waals surface area contributed by atoms with Gasteiger partial charge in [-0.3, -0.25) is 4.68 Å². The minimum absolute atomic E-state index is 0.597. The highest BCUT2D eigenvalue weighted by Crippen LogP contribution is 2.20. The third-order valence-corrected chi connectivity index (χ3v) is 3.56. The molecular formula is C10H16BrClN2. The van der Waals surface area contributed by atoms with Crippen LogP contribution in [0.4, 0.5) is 0 Å². The largest absolute Gasteiger partial charge is 0.268 e. The first-order valence-corrected chi connectivity index (χ1v) is 6.45. The van der Waals surface area contributed by atoms with Crippen LogP contribution in [0, 0.1) is 5.92 Å². The Balaban J connectivity index is 2.76. The van der Waals surface area contributed by atoms with E-state index in [1.54, 1.807) is 6.20 Å². The standard InChI is InChI=1S/C10H16BrClN2/c1-3-4-14-10(5-8(2)6-11)9(12)7-13-14/h7-8H,3-6H2,1-2H3. The average Bonchev–Trinajstić information content (AvgIpc) is 2.50. The van der Waals surface area contributed by atoms with Gasteiger partial charge in [0.15, 0.2) is 0 Å². The first kappa shape index (κ1) is 12.1. The Morgan fingerprint density at radius 3 is 2.93 bits per heavy atom. The summed E-state index contributed by atoms with van der Waals surface area (Å²) in [6.07, 6.45) is 3.82. The molecule has 0 amide bonds. The smallest absolute Gasteiger partial charge is 0.0817 e. The number of halogens is 2. The molecule has 1 aromatic rings. The summed E-state index contributed by atoms with van der Waals surface area (Å²) in [5.74, 6) is 0.597. The second kappa shape index (κ2) is 5.76. The van der Waals surface area contributed by atoms with Gasteiger partial charge in [-0.15, -0.1) is 0 Å². The number of aryl methyl sites for hydroxylation is 1. The number of hydrogen-bond acceptors (Lipinski definition) is 1. The molecule has 0 aliphatic carbocycles. The molecule has 1 aromatic heterocycles. The van der Waals surface area contributed by atoms with Crippen LogP contribution in [0.2, 0.25) is 5.02 Å². The van der Waals surface area contributed by atoms with E-state index in [9.17, 15) is 0 Å². The Morgan fingerprint density at radius 1 is 1.64 bits per heavy atom. The lowest BCUT2D eigenvalue weighted by Gasteiger charge is -2.10. The third-order valence-electron chi connectivity index (χ3n) is 2.14. The average molecular weight is 280 g/mol. The number of aromatic nitrogens is 2. The molecule has 0 saturated carbocycles. The molecule has 0 N–H and O–H groups in total. The molecule has 0 radical (unpaired) electrons. The van der Waals surface area contributed by atoms with Crippen molar-refractivity contribution in [3.63, 3.8) is 0 Å². The van der Waals surface area contributed by atoms with E-state index < -0.39 is 0 Å². The zero-order valence-corrected chi connectivity index (χ0v) is 11.0. The zero-order chi connectivity index (χ0) is 10.6. The normalized spacial score (nSPS) is 13.1. The van der Waals surface area contributed by atoms with Gasteiger partial charge >= 0.3 is 0 Å². The van der Waals surface area contributed by atoms with E-state index in [1.165, 1.54) is 5.69 Å². The van der Waals surface area contributed by atoms with E-state index in [4.69, 9.17) is 11.6 Å². The van der Waals surface area contributed by atoms with Gasteiger partial charge in [-0.2, -0.15) is 5.10 Å². The summed E-state index contributed by atoms with van der Waals surface area (Å²) < 4.78 is 2.02. The maximum absolute atomic E-state index is 6.08. The fourth-order valence-electron chi connectivity index (χ4n) is 1.38. The lowest BCUT2D eigenvalue weighted by molar-refractivity contribution is 0.541. The molecule has 1 atom stereocenters. The van der Waals surface area contributed by atoms with Gasteiger partial charge in [-0.05, 0) is 18.8 Å². The van der Waals surface area contributed by atoms with Crippen molar-refractivity contribution in [3.05, 3.63) is 16.9 Å². The summed E-state index contributed by atoms with van der Waals surface area (Å²) in [5, 5.41) is 6.06. The zero-order valence-electron chi connectivity index (χ0n) is 8.63. The lowest BCUT2D eigenvalue weighted by atomic mass is 10.1. The van der Waals surface area contributed by atoms with Crippen molar-refractivity contribution in [3.8, 4) is 0 Å². The van der Waals surface area contributed by atoms with Gasteiger partial charge in [0.1, 0.15) is 0 Å². The summed E-state index contributed by atoms with van der Waals surface area (Å²) in [7, 11) is 0. The second-order valence-electron chi connectivity index (χ2n) is 3.63. The van der Waals surface area contributed by atoms with Gasteiger partial charge in [-0.1, -0.05) is 41.4 Å². The molecule has 0 saturated heterocycles. The van der Waals surface area contributed by atoms with E-state index in [2.05, 4.69) is 34.9 Å². The van der Waals surface area contributed by atoms with E-state index in [1.807, 2.05) is 4.68 Å². The SMILES string of the molecule is CCCn1ncc(Cl)c1CC(C)CBr. The highest BCUT2D eigenvalue weighted by molar-refractivity contribution is 9.09. The summed E-state index contributed by atoms with van der Waals surface area (Å²) in [6, 6.07) is 0. The number of hydrogen-bond donors (Lipinski definition) is 0. The predicted octanol–water partition coefficient (Wildman–Crippen LogP) is 3.52. The first-order chi connectivity index (χ1) is 6.69. The Morgan fingerprint density at radius 2 is 2.36 bits per heavy atom. The molecule has 14 heavy (non-hydrogen) atoms. The highest BCUT2D eigenvalue weighted by atomic mass is 79.9. The number of nitrogens with zero attached hydrogens (tertiary/aromatic N) is 2. The molecule has 4 heteroatoms. The molecule has 2 nitrogen and oxygen atoms in total. The van der Waals surface area contributed by atoms with Gasteiger partial charge < -0.3 is 0 Å². The van der Waals surface area contributed by atoms with Crippen LogP contribution in [0.5, 0.6) is 0 Å². The van der Waals surface area contributed by atoms with Gasteiger partial charge in [0.2, 0.25) is 0 Å². The molecule has 0 aromatic carbocycles. The number of alkyl halides is 1. The van der Waals surface area contributed by atoms with E-state index in [0.717, 1.165) is 29.7 Å². The van der Waals surface area contributed by atoms with Crippen molar-refractivity contribution in [2.45, 2.75) is 33.2 Å². The molecule has 1 rings (SSSR count). The summed E-state index contributed by atoms with van der Waals surface area (Å²) in [5.41, 5.74) is 1.17. The minimum atomic E-state index is 0.597. The van der Waals surface area contributed by atoms with Crippen molar-refractivity contribution in [1.29, 1.82) is 0 Å². The lowest BCUT2D eigenvalue weighted by Crippen LogP contribution is -2.09. The molecule has 0 fully saturated rings. The summed E-state index contributed by atoms with van der Waals surface area (Å²) >= 11 is 9.56. The molecule has 0 aliphatic rings. The molecule has 0 aliphatic heterocycles. The fraction of sp³-hybridized carbons (Fsp3) is 0.700. The van der Waals surface area contributed by atoms with Crippen LogP contribution in [0.25, 0.3) is 0 Å². The predicted molar refractivity (Wildman–Crippen MR) is 64.2 cm³/mol. The Hall–Kier alpha value is -0.0200. The van der Waals surface area contributed by atoms with Crippen LogP contribution in [0.15, 0.2) is 6.20 Å². The summed E-state index contributed by atoms with van der Waals surface area (Å²) in [4.78, 5) is 0. The van der Waals surface area contributed by atoms with Crippen molar-refractivity contribution in [2.75, 3.05) is 5.33 Å². The van der Waals surface area contributed by atoms with Crippen LogP contribution in [0.1, 0.15) is 26.0 Å². The Kier molecular flexibility index (Phi) is 4.96. The van der Waals surface area contributed by atoms with Crippen molar-refractivity contribution in [1.82, 2.24) is 9.78 Å². The van der Waals surface area contributed by atoms with Crippen LogP contribution < -0.4 is 0 Å². The van der Waals surface area contributed by atoms with Crippen LogP contribution >= 0.6 is 27.5 Å². The van der Waals surface area contributed by atoms with E-state index in [0.29, 0.717) is 5.92 Å². The van der Waals surface area contributed by atoms with Gasteiger partial charge in [0.25, 0.3) is 0 Å². The maximum atomic E-state index is 6.08. The Labute approximate surface area is 98.8 Å². The first-order valence-electron chi connectivity index (χ1n) is 4.95. The maximum Gasteiger partial charge on any atom is 0.0817 e. The second-order valence-corrected chi connectivity index (χ2v) is 4.68. The van der Waals surface area contributed by atoms with Gasteiger partial charge in [0, 0.05) is 11.9 Å². The van der Waals surface area contributed by atoms with Crippen molar-refractivity contribution >= 4 is 27.5 Å². The highest BCUT2D eigenvalue weighted by Gasteiger charge is 2.11. The topological polar surface area (TPSA) is 17.8 Å². The molecule has 0 spiro atoms. The fourth-order valence-corrected chi connectivity index (χ4v) is 1.83. The molecule has 1 heterocycles. The van der Waals surface area contributed by atoms with Gasteiger partial charge in [-0.25, -0.2) is 0 Å². The molecule has 80 valence electrons. The molecular weight excluding hydrogens is 263 g/mol. The van der Waals surface area contributed by atoms with E-state index in [-0.39, 0.29) is 0 Å². The van der Waals surface area contributed by atoms with Crippen molar-refractivity contribution in [2.24, 2.45) is 5.92 Å².